The minimum atomic E-state index is -0.885. The molecule has 0 aliphatic rings. The standard InChI is InChI=1S/C16H11N3O3/c20-14(11-6-2-1-3-7-11)18-16(22)19-15(21)13-9-5-4-8-12(13)10-17-19/h1-10H,(H,18,20,22). The predicted molar refractivity (Wildman–Crippen MR) is 80.7 cm³/mol. The largest absolute Gasteiger partial charge is 0.352 e. The molecule has 6 heteroatoms. The van der Waals surface area contributed by atoms with E-state index in [0.717, 1.165) is 0 Å². The van der Waals surface area contributed by atoms with Crippen LogP contribution in [-0.4, -0.2) is 21.7 Å². The van der Waals surface area contributed by atoms with Crippen LogP contribution in [0.3, 0.4) is 0 Å². The molecular formula is C16H11N3O3. The highest BCUT2D eigenvalue weighted by molar-refractivity contribution is 6.04. The third-order valence-corrected chi connectivity index (χ3v) is 3.14. The zero-order valence-electron chi connectivity index (χ0n) is 11.4. The van der Waals surface area contributed by atoms with Crippen molar-refractivity contribution in [3.05, 3.63) is 76.7 Å². The quantitative estimate of drug-likeness (QED) is 0.741. The molecule has 22 heavy (non-hydrogen) atoms. The first-order valence-electron chi connectivity index (χ1n) is 6.54. The summed E-state index contributed by atoms with van der Waals surface area (Å²) in [4.78, 5) is 36.2. The van der Waals surface area contributed by atoms with Gasteiger partial charge in [-0.2, -0.15) is 5.10 Å². The molecule has 0 radical (unpaired) electrons. The number of hydrogen-bond acceptors (Lipinski definition) is 4. The minimum absolute atomic E-state index is 0.324. The Kier molecular flexibility index (Phi) is 3.49. The van der Waals surface area contributed by atoms with Crippen molar-refractivity contribution in [2.24, 2.45) is 0 Å². The van der Waals surface area contributed by atoms with E-state index in [9.17, 15) is 14.4 Å². The number of benzene rings is 2. The van der Waals surface area contributed by atoms with Crippen LogP contribution in [0.5, 0.6) is 0 Å². The van der Waals surface area contributed by atoms with Crippen LogP contribution in [0.2, 0.25) is 0 Å². The second-order valence-corrected chi connectivity index (χ2v) is 4.57. The molecule has 0 aliphatic carbocycles. The van der Waals surface area contributed by atoms with Gasteiger partial charge in [0.15, 0.2) is 0 Å². The van der Waals surface area contributed by atoms with Crippen molar-refractivity contribution < 1.29 is 9.59 Å². The van der Waals surface area contributed by atoms with Crippen LogP contribution in [0, 0.1) is 0 Å². The second kappa shape index (κ2) is 5.61. The first kappa shape index (κ1) is 13.7. The van der Waals surface area contributed by atoms with E-state index in [0.29, 0.717) is 21.0 Å². The van der Waals surface area contributed by atoms with Gasteiger partial charge < -0.3 is 0 Å². The first-order valence-corrected chi connectivity index (χ1v) is 6.54. The van der Waals surface area contributed by atoms with E-state index in [1.54, 1.807) is 54.6 Å². The van der Waals surface area contributed by atoms with E-state index in [1.165, 1.54) is 6.20 Å². The number of amides is 2. The van der Waals surface area contributed by atoms with Crippen LogP contribution < -0.4 is 10.9 Å². The first-order chi connectivity index (χ1) is 10.7. The number of hydrogen-bond donors (Lipinski definition) is 1. The molecule has 0 atom stereocenters. The average molecular weight is 293 g/mol. The highest BCUT2D eigenvalue weighted by atomic mass is 16.2. The molecule has 2 aromatic carbocycles. The number of carbonyl (C=O) groups excluding carboxylic acids is 2. The molecule has 0 fully saturated rings. The van der Waals surface area contributed by atoms with Crippen LogP contribution in [0.4, 0.5) is 4.79 Å². The Morgan fingerprint density at radius 1 is 0.955 bits per heavy atom. The third kappa shape index (κ3) is 2.49. The zero-order valence-corrected chi connectivity index (χ0v) is 11.4. The molecule has 0 saturated heterocycles. The molecule has 0 bridgehead atoms. The summed E-state index contributed by atoms with van der Waals surface area (Å²) in [5.41, 5.74) is -0.249. The molecule has 108 valence electrons. The van der Waals surface area contributed by atoms with Crippen molar-refractivity contribution in [1.29, 1.82) is 0 Å². The van der Waals surface area contributed by atoms with Gasteiger partial charge in [0, 0.05) is 10.9 Å². The number of imide groups is 1. The van der Waals surface area contributed by atoms with Crippen molar-refractivity contribution >= 4 is 22.7 Å². The van der Waals surface area contributed by atoms with Gasteiger partial charge in [0.1, 0.15) is 0 Å². The minimum Gasteiger partial charge on any atom is -0.272 e. The highest BCUT2D eigenvalue weighted by Gasteiger charge is 2.15. The lowest BCUT2D eigenvalue weighted by Crippen LogP contribution is -2.40. The van der Waals surface area contributed by atoms with Gasteiger partial charge >= 0.3 is 6.03 Å². The normalized spacial score (nSPS) is 10.4. The Labute approximate surface area is 125 Å². The molecule has 0 spiro atoms. The summed E-state index contributed by atoms with van der Waals surface area (Å²) in [6, 6.07) is 14.2. The lowest BCUT2D eigenvalue weighted by molar-refractivity contribution is 0.0963. The maximum absolute atomic E-state index is 12.2. The molecule has 1 heterocycles. The Hall–Kier alpha value is -3.28. The molecule has 6 nitrogen and oxygen atoms in total. The molecule has 0 unspecified atom stereocenters. The average Bonchev–Trinajstić information content (AvgIpc) is 2.56. The van der Waals surface area contributed by atoms with Gasteiger partial charge in [0.05, 0.1) is 11.6 Å². The maximum atomic E-state index is 12.2. The molecule has 0 saturated carbocycles. The lowest BCUT2D eigenvalue weighted by Gasteiger charge is -2.06. The van der Waals surface area contributed by atoms with E-state index in [1.807, 2.05) is 0 Å². The summed E-state index contributed by atoms with van der Waals surface area (Å²) in [6.07, 6.45) is 1.41. The zero-order chi connectivity index (χ0) is 15.5. The Morgan fingerprint density at radius 3 is 2.41 bits per heavy atom. The maximum Gasteiger partial charge on any atom is 0.352 e. The van der Waals surface area contributed by atoms with Gasteiger partial charge in [-0.1, -0.05) is 36.4 Å². The highest BCUT2D eigenvalue weighted by Crippen LogP contribution is 2.06. The number of rotatable bonds is 1. The summed E-state index contributed by atoms with van der Waals surface area (Å²) >= 11 is 0. The van der Waals surface area contributed by atoms with E-state index in [2.05, 4.69) is 10.4 Å². The number of carbonyl (C=O) groups is 2. The van der Waals surface area contributed by atoms with Crippen LogP contribution in [0.25, 0.3) is 10.8 Å². The fourth-order valence-corrected chi connectivity index (χ4v) is 2.05. The monoisotopic (exact) mass is 293 g/mol. The van der Waals surface area contributed by atoms with Gasteiger partial charge in [-0.25, -0.2) is 4.79 Å². The Balaban J connectivity index is 1.91. The van der Waals surface area contributed by atoms with Gasteiger partial charge in [0.2, 0.25) is 0 Å². The van der Waals surface area contributed by atoms with E-state index < -0.39 is 17.5 Å². The Morgan fingerprint density at radius 2 is 1.64 bits per heavy atom. The van der Waals surface area contributed by atoms with Gasteiger partial charge in [-0.3, -0.25) is 14.9 Å². The van der Waals surface area contributed by atoms with Crippen LogP contribution in [-0.2, 0) is 0 Å². The predicted octanol–water partition coefficient (Wildman–Crippen LogP) is 1.79. The molecule has 3 aromatic rings. The van der Waals surface area contributed by atoms with Crippen molar-refractivity contribution in [1.82, 2.24) is 15.1 Å². The summed E-state index contributed by atoms with van der Waals surface area (Å²) in [5.74, 6) is -0.590. The lowest BCUT2D eigenvalue weighted by atomic mass is 10.2. The Bertz CT molecular complexity index is 917. The van der Waals surface area contributed by atoms with Gasteiger partial charge in [-0.15, -0.1) is 4.68 Å². The SMILES string of the molecule is O=C(NC(=O)n1ncc2ccccc2c1=O)c1ccccc1. The van der Waals surface area contributed by atoms with Crippen molar-refractivity contribution in [2.75, 3.05) is 0 Å². The number of aromatic nitrogens is 2. The van der Waals surface area contributed by atoms with E-state index in [4.69, 9.17) is 0 Å². The van der Waals surface area contributed by atoms with E-state index >= 15 is 0 Å². The fourth-order valence-electron chi connectivity index (χ4n) is 2.05. The summed E-state index contributed by atoms with van der Waals surface area (Å²) < 4.78 is 0.642. The number of nitrogens with zero attached hydrogens (tertiary/aromatic N) is 2. The van der Waals surface area contributed by atoms with Gasteiger partial charge in [0.25, 0.3) is 11.5 Å². The summed E-state index contributed by atoms with van der Waals surface area (Å²) in [7, 11) is 0. The third-order valence-electron chi connectivity index (χ3n) is 3.14. The topological polar surface area (TPSA) is 81.1 Å². The van der Waals surface area contributed by atoms with E-state index in [-0.39, 0.29) is 0 Å². The van der Waals surface area contributed by atoms with Crippen molar-refractivity contribution in [3.63, 3.8) is 0 Å². The van der Waals surface area contributed by atoms with Gasteiger partial charge in [-0.05, 0) is 18.2 Å². The summed E-state index contributed by atoms with van der Waals surface area (Å²) in [6.45, 7) is 0. The second-order valence-electron chi connectivity index (χ2n) is 4.57. The van der Waals surface area contributed by atoms with Crippen molar-refractivity contribution in [3.8, 4) is 0 Å². The summed E-state index contributed by atoms with van der Waals surface area (Å²) in [5, 5.41) is 6.93. The molecule has 1 N–H and O–H groups in total. The fraction of sp³-hybridized carbons (Fsp3) is 0. The molecule has 3 rings (SSSR count). The van der Waals surface area contributed by atoms with Crippen molar-refractivity contribution in [2.45, 2.75) is 0 Å². The number of fused-ring (bicyclic) bond motifs is 1. The smallest absolute Gasteiger partial charge is 0.272 e. The van der Waals surface area contributed by atoms with Crippen LogP contribution in [0.15, 0.2) is 65.6 Å². The molecule has 1 aromatic heterocycles. The molecule has 0 aliphatic heterocycles. The molecular weight excluding hydrogens is 282 g/mol. The molecule has 2 amide bonds. The van der Waals surface area contributed by atoms with Crippen LogP contribution in [0.1, 0.15) is 10.4 Å². The number of nitrogens with one attached hydrogen (secondary N) is 1. The van der Waals surface area contributed by atoms with Crippen LogP contribution >= 0.6 is 0 Å².